The summed E-state index contributed by atoms with van der Waals surface area (Å²) in [5.41, 5.74) is 4.71. The van der Waals surface area contributed by atoms with Crippen LogP contribution >= 0.6 is 0 Å². The zero-order valence-corrected chi connectivity index (χ0v) is 15.8. The van der Waals surface area contributed by atoms with Crippen molar-refractivity contribution < 1.29 is 13.5 Å². The van der Waals surface area contributed by atoms with Crippen molar-refractivity contribution >= 4 is 10.8 Å². The Bertz CT molecular complexity index is 1120. The minimum atomic E-state index is -0.706. The first-order valence-corrected chi connectivity index (χ1v) is 9.25. The summed E-state index contributed by atoms with van der Waals surface area (Å²) in [6.45, 7) is 2.15. The van der Waals surface area contributed by atoms with E-state index in [1.165, 1.54) is 35.6 Å². The Labute approximate surface area is 163 Å². The molecule has 0 spiro atoms. The van der Waals surface area contributed by atoms with Gasteiger partial charge in [-0.2, -0.15) is 0 Å². The molecule has 0 bridgehead atoms. The lowest BCUT2D eigenvalue weighted by Gasteiger charge is -2.09. The molecule has 0 aliphatic rings. The van der Waals surface area contributed by atoms with Crippen molar-refractivity contribution in [3.63, 3.8) is 0 Å². The molecule has 0 aliphatic carbocycles. The maximum absolute atomic E-state index is 14.0. The molecule has 0 radical (unpaired) electrons. The molecule has 0 unspecified atom stereocenters. The van der Waals surface area contributed by atoms with Crippen molar-refractivity contribution in [1.82, 2.24) is 0 Å². The van der Waals surface area contributed by atoms with Crippen LogP contribution in [0.15, 0.2) is 72.8 Å². The van der Waals surface area contributed by atoms with Crippen LogP contribution in [0.3, 0.4) is 0 Å². The van der Waals surface area contributed by atoms with Gasteiger partial charge in [0.25, 0.3) is 0 Å². The molecule has 28 heavy (non-hydrogen) atoms. The van der Waals surface area contributed by atoms with E-state index in [9.17, 15) is 8.78 Å². The van der Waals surface area contributed by atoms with Gasteiger partial charge in [-0.25, -0.2) is 8.78 Å². The zero-order valence-electron chi connectivity index (χ0n) is 15.8. The molecule has 140 valence electrons. The van der Waals surface area contributed by atoms with Crippen LogP contribution in [0.5, 0.6) is 5.75 Å². The monoisotopic (exact) mass is 374 g/mol. The number of rotatable bonds is 4. The number of aryl methyl sites for hydroxylation is 1. The van der Waals surface area contributed by atoms with Crippen molar-refractivity contribution in [3.05, 3.63) is 90.0 Å². The minimum Gasteiger partial charge on any atom is -0.491 e. The fourth-order valence-corrected chi connectivity index (χ4v) is 3.47. The third-order valence-electron chi connectivity index (χ3n) is 5.07. The Morgan fingerprint density at radius 1 is 0.643 bits per heavy atom. The van der Waals surface area contributed by atoms with E-state index < -0.39 is 11.6 Å². The summed E-state index contributed by atoms with van der Waals surface area (Å²) in [6.07, 6.45) is 1.02. The zero-order chi connectivity index (χ0) is 19.7. The molecule has 4 rings (SSSR count). The molecule has 0 aliphatic heterocycles. The molecular weight excluding hydrogens is 354 g/mol. The van der Waals surface area contributed by atoms with Crippen LogP contribution in [-0.2, 0) is 6.42 Å². The molecule has 4 aromatic rings. The standard InChI is InChI=1S/C25H20F2O/c1-3-16-4-5-21-13-20(11-10-19(21)12-16)17-6-8-18(9-7-17)22-14-23(26)25(28-2)24(27)15-22/h4-15H,3H2,1-2H3. The van der Waals surface area contributed by atoms with Crippen LogP contribution < -0.4 is 4.74 Å². The summed E-state index contributed by atoms with van der Waals surface area (Å²) in [4.78, 5) is 0. The highest BCUT2D eigenvalue weighted by molar-refractivity contribution is 5.88. The third kappa shape index (κ3) is 3.36. The van der Waals surface area contributed by atoms with Crippen molar-refractivity contribution in [2.75, 3.05) is 7.11 Å². The van der Waals surface area contributed by atoms with Gasteiger partial charge < -0.3 is 4.74 Å². The molecule has 0 N–H and O–H groups in total. The van der Waals surface area contributed by atoms with Gasteiger partial charge in [0.2, 0.25) is 0 Å². The van der Waals surface area contributed by atoms with Crippen molar-refractivity contribution in [2.45, 2.75) is 13.3 Å². The molecule has 0 aromatic heterocycles. The van der Waals surface area contributed by atoms with E-state index in [2.05, 4.69) is 43.3 Å². The molecule has 0 fully saturated rings. The van der Waals surface area contributed by atoms with Crippen LogP contribution in [0.25, 0.3) is 33.0 Å². The summed E-state index contributed by atoms with van der Waals surface area (Å²) < 4.78 is 32.7. The van der Waals surface area contributed by atoms with Gasteiger partial charge in [0.05, 0.1) is 7.11 Å². The quantitative estimate of drug-likeness (QED) is 0.373. The molecule has 4 aromatic carbocycles. The molecule has 0 heterocycles. The highest BCUT2D eigenvalue weighted by Crippen LogP contribution is 2.31. The van der Waals surface area contributed by atoms with Gasteiger partial charge >= 0.3 is 0 Å². The number of hydrogen-bond acceptors (Lipinski definition) is 1. The SMILES string of the molecule is CCc1ccc2cc(-c3ccc(-c4cc(F)c(OC)c(F)c4)cc3)ccc2c1. The Kier molecular flexibility index (Phi) is 4.82. The molecule has 0 atom stereocenters. The Morgan fingerprint density at radius 2 is 1.18 bits per heavy atom. The van der Waals surface area contributed by atoms with Gasteiger partial charge in [-0.1, -0.05) is 61.5 Å². The molecule has 0 saturated heterocycles. The van der Waals surface area contributed by atoms with Crippen LogP contribution in [0.1, 0.15) is 12.5 Å². The van der Waals surface area contributed by atoms with Crippen molar-refractivity contribution in [1.29, 1.82) is 0 Å². The maximum Gasteiger partial charge on any atom is 0.190 e. The van der Waals surface area contributed by atoms with Gasteiger partial charge in [0.1, 0.15) is 0 Å². The van der Waals surface area contributed by atoms with Gasteiger partial charge in [0, 0.05) is 0 Å². The lowest BCUT2D eigenvalue weighted by Crippen LogP contribution is -1.93. The van der Waals surface area contributed by atoms with Gasteiger partial charge in [0.15, 0.2) is 17.4 Å². The first kappa shape index (κ1) is 18.2. The Balaban J connectivity index is 1.67. The summed E-state index contributed by atoms with van der Waals surface area (Å²) in [5, 5.41) is 2.42. The van der Waals surface area contributed by atoms with Gasteiger partial charge in [-0.05, 0) is 63.2 Å². The van der Waals surface area contributed by atoms with E-state index in [1.807, 2.05) is 24.3 Å². The second-order valence-corrected chi connectivity index (χ2v) is 6.80. The van der Waals surface area contributed by atoms with E-state index in [0.29, 0.717) is 5.56 Å². The summed E-state index contributed by atoms with van der Waals surface area (Å²) in [5.74, 6) is -1.77. The first-order chi connectivity index (χ1) is 13.6. The smallest absolute Gasteiger partial charge is 0.190 e. The maximum atomic E-state index is 14.0. The van der Waals surface area contributed by atoms with E-state index in [4.69, 9.17) is 4.74 Å². The predicted octanol–water partition coefficient (Wildman–Crippen LogP) is 7.02. The van der Waals surface area contributed by atoms with Crippen molar-refractivity contribution in [2.24, 2.45) is 0 Å². The summed E-state index contributed by atoms with van der Waals surface area (Å²) in [7, 11) is 1.25. The number of halogens is 2. The van der Waals surface area contributed by atoms with Crippen LogP contribution in [0.2, 0.25) is 0 Å². The van der Waals surface area contributed by atoms with Gasteiger partial charge in [-0.3, -0.25) is 0 Å². The highest BCUT2D eigenvalue weighted by Gasteiger charge is 2.12. The third-order valence-corrected chi connectivity index (χ3v) is 5.07. The summed E-state index contributed by atoms with van der Waals surface area (Å²) >= 11 is 0. The lowest BCUT2D eigenvalue weighted by molar-refractivity contribution is 0.360. The number of hydrogen-bond donors (Lipinski definition) is 0. The van der Waals surface area contributed by atoms with Crippen molar-refractivity contribution in [3.8, 4) is 28.0 Å². The highest BCUT2D eigenvalue weighted by atomic mass is 19.1. The molecular formula is C25H20F2O. The molecule has 0 amide bonds. The fourth-order valence-electron chi connectivity index (χ4n) is 3.47. The number of ether oxygens (including phenoxy) is 1. The largest absolute Gasteiger partial charge is 0.491 e. The Hall–Kier alpha value is -3.20. The number of methoxy groups -OCH3 is 1. The van der Waals surface area contributed by atoms with Crippen LogP contribution in [0, 0.1) is 11.6 Å². The second-order valence-electron chi connectivity index (χ2n) is 6.80. The lowest BCUT2D eigenvalue weighted by atomic mass is 9.97. The van der Waals surface area contributed by atoms with Crippen LogP contribution in [-0.4, -0.2) is 7.11 Å². The van der Waals surface area contributed by atoms with E-state index in [1.54, 1.807) is 0 Å². The first-order valence-electron chi connectivity index (χ1n) is 9.25. The fraction of sp³-hybridized carbons (Fsp3) is 0.120. The minimum absolute atomic E-state index is 0.359. The normalized spacial score (nSPS) is 11.0. The second kappa shape index (κ2) is 7.43. The molecule has 0 saturated carbocycles. The van der Waals surface area contributed by atoms with E-state index in [0.717, 1.165) is 23.1 Å². The average Bonchev–Trinajstić information content (AvgIpc) is 2.73. The predicted molar refractivity (Wildman–Crippen MR) is 111 cm³/mol. The average molecular weight is 374 g/mol. The molecule has 1 nitrogen and oxygen atoms in total. The van der Waals surface area contributed by atoms with E-state index in [-0.39, 0.29) is 5.75 Å². The molecule has 3 heteroatoms. The summed E-state index contributed by atoms with van der Waals surface area (Å²) in [6, 6.07) is 23.2. The van der Waals surface area contributed by atoms with E-state index >= 15 is 0 Å². The van der Waals surface area contributed by atoms with Gasteiger partial charge in [-0.15, -0.1) is 0 Å². The van der Waals surface area contributed by atoms with Crippen LogP contribution in [0.4, 0.5) is 8.78 Å². The topological polar surface area (TPSA) is 9.23 Å². The Morgan fingerprint density at radius 3 is 1.79 bits per heavy atom. The number of fused-ring (bicyclic) bond motifs is 1. The number of benzene rings is 4.